The largest absolute Gasteiger partial charge is 0.456 e. The van der Waals surface area contributed by atoms with Crippen molar-refractivity contribution in [3.63, 3.8) is 0 Å². The van der Waals surface area contributed by atoms with Crippen molar-refractivity contribution in [3.05, 3.63) is 259 Å². The molecule has 0 N–H and O–H groups in total. The van der Waals surface area contributed by atoms with Crippen LogP contribution >= 0.6 is 0 Å². The zero-order valence-corrected chi connectivity index (χ0v) is 40.9. The van der Waals surface area contributed by atoms with Crippen LogP contribution in [0.5, 0.6) is 0 Å². The first-order valence-electron chi connectivity index (χ1n) is 25.2. The van der Waals surface area contributed by atoms with Crippen molar-refractivity contribution in [1.82, 2.24) is 0 Å². The van der Waals surface area contributed by atoms with E-state index in [4.69, 9.17) is 4.42 Å². The Morgan fingerprint density at radius 2 is 0.667 bits per heavy atom. The molecule has 12 aromatic rings. The van der Waals surface area contributed by atoms with Gasteiger partial charge in [-0.15, -0.1) is 0 Å². The second-order valence-corrected chi connectivity index (χ2v) is 20.9. The minimum atomic E-state index is -0.246. The number of hydrogen-bond donors (Lipinski definition) is 0. The van der Waals surface area contributed by atoms with Gasteiger partial charge in [0.15, 0.2) is 0 Å². The highest BCUT2D eigenvalue weighted by Crippen LogP contribution is 2.54. The number of rotatable bonds is 7. The number of nitrogens with zero attached hydrogens (tertiary/aromatic N) is 1. The Hall–Kier alpha value is -8.72. The molecule has 1 aromatic heterocycles. The highest BCUT2D eigenvalue weighted by atomic mass is 16.3. The maximum absolute atomic E-state index is 6.21. The predicted molar refractivity (Wildman–Crippen MR) is 303 cm³/mol. The molecule has 2 heteroatoms. The molecule has 0 spiro atoms. The SMILES string of the molecule is CC1(C)c2cc(-c3ccccc3)ccc2-c2ccc(N(c3ccc(-c4cccc5c(-c6ccccc6)cccc45)cc3)c3ccc4c(c3)C(C)(C)c3cc(-c5ccc6oc7ccccc7c6c5)ccc3-4)cc21. The summed E-state index contributed by atoms with van der Waals surface area (Å²) in [6, 6.07) is 87.5. The van der Waals surface area contributed by atoms with Crippen LogP contribution in [0, 0.1) is 0 Å². The topological polar surface area (TPSA) is 16.4 Å². The third kappa shape index (κ3) is 6.49. The van der Waals surface area contributed by atoms with Gasteiger partial charge in [-0.1, -0.05) is 198 Å². The summed E-state index contributed by atoms with van der Waals surface area (Å²) in [4.78, 5) is 2.48. The van der Waals surface area contributed by atoms with E-state index in [1.807, 2.05) is 12.1 Å². The first-order chi connectivity index (χ1) is 35.2. The second-order valence-electron chi connectivity index (χ2n) is 20.9. The molecule has 0 aliphatic heterocycles. The molecular formula is C70H51NO. The molecule has 0 saturated carbocycles. The number of furan rings is 1. The standard InChI is InChI=1S/C70H51NO/c1-69(2)63-40-48(44-15-7-5-8-16-44)27-34-57(63)59-36-32-51(42-65(59)69)71(50-30-25-46(26-31-50)54-21-14-22-55-53(20-13-23-56(54)55)45-17-9-6-10-18-45)52-33-37-60-58-35-28-49(41-64(58)70(3,4)66(60)43-52)47-29-38-68-62(39-47)61-19-11-12-24-67(61)72-68/h5-43H,1-4H3. The van der Waals surface area contributed by atoms with E-state index in [1.54, 1.807) is 0 Å². The Morgan fingerprint density at radius 1 is 0.264 bits per heavy atom. The third-order valence-electron chi connectivity index (χ3n) is 16.1. The van der Waals surface area contributed by atoms with Crippen LogP contribution in [0.2, 0.25) is 0 Å². The lowest BCUT2D eigenvalue weighted by Gasteiger charge is -2.30. The maximum Gasteiger partial charge on any atom is 0.135 e. The summed E-state index contributed by atoms with van der Waals surface area (Å²) in [7, 11) is 0. The van der Waals surface area contributed by atoms with Crippen molar-refractivity contribution in [2.75, 3.05) is 4.90 Å². The molecule has 0 amide bonds. The van der Waals surface area contributed by atoms with Crippen molar-refractivity contribution < 1.29 is 4.42 Å². The van der Waals surface area contributed by atoms with Crippen LogP contribution in [-0.2, 0) is 10.8 Å². The molecule has 2 nitrogen and oxygen atoms in total. The minimum Gasteiger partial charge on any atom is -0.456 e. The Kier molecular flexibility index (Phi) is 9.32. The van der Waals surface area contributed by atoms with E-state index in [-0.39, 0.29) is 10.8 Å². The molecule has 0 saturated heterocycles. The molecule has 14 rings (SSSR count). The normalized spacial score (nSPS) is 13.8. The number of benzene rings is 11. The van der Waals surface area contributed by atoms with E-state index < -0.39 is 0 Å². The summed E-state index contributed by atoms with van der Waals surface area (Å²) in [5.74, 6) is 0. The zero-order chi connectivity index (χ0) is 48.3. The van der Waals surface area contributed by atoms with Gasteiger partial charge in [0.1, 0.15) is 11.2 Å². The van der Waals surface area contributed by atoms with Crippen LogP contribution in [0.15, 0.2) is 241 Å². The quantitative estimate of drug-likeness (QED) is 0.158. The summed E-state index contributed by atoms with van der Waals surface area (Å²) >= 11 is 0. The monoisotopic (exact) mass is 921 g/mol. The molecule has 72 heavy (non-hydrogen) atoms. The van der Waals surface area contributed by atoms with Crippen molar-refractivity contribution in [2.45, 2.75) is 38.5 Å². The highest BCUT2D eigenvalue weighted by Gasteiger charge is 2.38. The Labute approximate surface area is 421 Å². The van der Waals surface area contributed by atoms with E-state index in [1.165, 1.54) is 99.8 Å². The molecule has 2 aliphatic rings. The first kappa shape index (κ1) is 42.2. The van der Waals surface area contributed by atoms with Crippen molar-refractivity contribution >= 4 is 49.8 Å². The van der Waals surface area contributed by atoms with Gasteiger partial charge < -0.3 is 9.32 Å². The molecule has 342 valence electrons. The summed E-state index contributed by atoms with van der Waals surface area (Å²) in [5, 5.41) is 4.80. The smallest absolute Gasteiger partial charge is 0.135 e. The second kappa shape index (κ2) is 15.9. The van der Waals surface area contributed by atoms with Gasteiger partial charge in [-0.3, -0.25) is 0 Å². The molecule has 2 aliphatic carbocycles. The summed E-state index contributed by atoms with van der Waals surface area (Å²) in [6.45, 7) is 9.57. The fourth-order valence-electron chi connectivity index (χ4n) is 12.3. The van der Waals surface area contributed by atoms with Crippen molar-refractivity contribution in [1.29, 1.82) is 0 Å². The van der Waals surface area contributed by atoms with Crippen LogP contribution in [-0.4, -0.2) is 0 Å². The Bertz CT molecular complexity index is 4140. The van der Waals surface area contributed by atoms with Crippen LogP contribution in [0.25, 0.3) is 99.5 Å². The lowest BCUT2D eigenvalue weighted by Crippen LogP contribution is -2.18. The molecular weight excluding hydrogens is 871 g/mol. The maximum atomic E-state index is 6.21. The van der Waals surface area contributed by atoms with Gasteiger partial charge in [0, 0.05) is 38.7 Å². The van der Waals surface area contributed by atoms with Crippen LogP contribution in [0.4, 0.5) is 17.1 Å². The molecule has 1 heterocycles. The summed E-state index contributed by atoms with van der Waals surface area (Å²) < 4.78 is 6.21. The van der Waals surface area contributed by atoms with Crippen LogP contribution in [0.1, 0.15) is 49.9 Å². The van der Waals surface area contributed by atoms with Gasteiger partial charge >= 0.3 is 0 Å². The molecule has 0 atom stereocenters. The van der Waals surface area contributed by atoms with E-state index in [2.05, 4.69) is 257 Å². The number of fused-ring (bicyclic) bond motifs is 10. The van der Waals surface area contributed by atoms with Gasteiger partial charge in [0.25, 0.3) is 0 Å². The first-order valence-corrected chi connectivity index (χ1v) is 25.2. The number of anilines is 3. The van der Waals surface area contributed by atoms with Crippen molar-refractivity contribution in [3.8, 4) is 66.8 Å². The van der Waals surface area contributed by atoms with Gasteiger partial charge in [0.2, 0.25) is 0 Å². The fourth-order valence-corrected chi connectivity index (χ4v) is 12.3. The molecule has 0 unspecified atom stereocenters. The van der Waals surface area contributed by atoms with Gasteiger partial charge in [-0.2, -0.15) is 0 Å². The lowest BCUT2D eigenvalue weighted by molar-refractivity contribution is 0.660. The third-order valence-corrected chi connectivity index (χ3v) is 16.1. The average Bonchev–Trinajstić information content (AvgIpc) is 3.99. The van der Waals surface area contributed by atoms with Crippen molar-refractivity contribution in [2.24, 2.45) is 0 Å². The fraction of sp³-hybridized carbons (Fsp3) is 0.0857. The zero-order valence-electron chi connectivity index (χ0n) is 40.9. The predicted octanol–water partition coefficient (Wildman–Crippen LogP) is 19.5. The Balaban J connectivity index is 0.878. The molecule has 0 fully saturated rings. The average molecular weight is 922 g/mol. The van der Waals surface area contributed by atoms with Gasteiger partial charge in [-0.05, 0) is 167 Å². The highest BCUT2D eigenvalue weighted by molar-refractivity contribution is 6.07. The van der Waals surface area contributed by atoms with E-state index in [0.29, 0.717) is 0 Å². The summed E-state index contributed by atoms with van der Waals surface area (Å²) in [5.41, 5.74) is 25.2. The van der Waals surface area contributed by atoms with Crippen LogP contribution in [0.3, 0.4) is 0 Å². The van der Waals surface area contributed by atoms with Gasteiger partial charge in [-0.25, -0.2) is 0 Å². The lowest BCUT2D eigenvalue weighted by atomic mass is 9.81. The number of hydrogen-bond acceptors (Lipinski definition) is 2. The Morgan fingerprint density at radius 3 is 1.25 bits per heavy atom. The van der Waals surface area contributed by atoms with E-state index >= 15 is 0 Å². The molecule has 11 aromatic carbocycles. The van der Waals surface area contributed by atoms with Crippen LogP contribution < -0.4 is 4.90 Å². The number of para-hydroxylation sites is 1. The van der Waals surface area contributed by atoms with E-state index in [9.17, 15) is 0 Å². The molecule has 0 radical (unpaired) electrons. The molecule has 0 bridgehead atoms. The summed E-state index contributed by atoms with van der Waals surface area (Å²) in [6.07, 6.45) is 0. The minimum absolute atomic E-state index is 0.206. The van der Waals surface area contributed by atoms with Gasteiger partial charge in [0.05, 0.1) is 0 Å². The van der Waals surface area contributed by atoms with E-state index in [0.717, 1.165) is 39.0 Å².